The minimum atomic E-state index is 0.00762. The first-order valence-electron chi connectivity index (χ1n) is 12.4. The molecule has 8 nitrogen and oxygen atoms in total. The summed E-state index contributed by atoms with van der Waals surface area (Å²) >= 11 is 0. The van der Waals surface area contributed by atoms with Gasteiger partial charge in [-0.25, -0.2) is 0 Å². The maximum Gasteiger partial charge on any atom is 0.240 e. The largest absolute Gasteiger partial charge is 0.477 e. The van der Waals surface area contributed by atoms with Gasteiger partial charge in [0.05, 0.1) is 31.0 Å². The van der Waals surface area contributed by atoms with Crippen LogP contribution in [0.5, 0.6) is 11.8 Å². The number of anilines is 1. The Bertz CT molecular complexity index is 1110. The third-order valence-electron chi connectivity index (χ3n) is 6.34. The summed E-state index contributed by atoms with van der Waals surface area (Å²) in [5, 5.41) is 4.22. The van der Waals surface area contributed by atoms with E-state index >= 15 is 0 Å². The van der Waals surface area contributed by atoms with Crippen molar-refractivity contribution >= 4 is 11.5 Å². The number of rotatable bonds is 11. The number of benzene rings is 1. The van der Waals surface area contributed by atoms with E-state index in [4.69, 9.17) is 19.7 Å². The monoisotopic (exact) mass is 478 g/mol. The van der Waals surface area contributed by atoms with E-state index in [2.05, 4.69) is 15.0 Å². The fourth-order valence-electron chi connectivity index (χ4n) is 4.45. The first kappa shape index (κ1) is 24.7. The van der Waals surface area contributed by atoms with Crippen LogP contribution in [0.2, 0.25) is 0 Å². The van der Waals surface area contributed by atoms with Gasteiger partial charge in [0.1, 0.15) is 5.69 Å². The summed E-state index contributed by atoms with van der Waals surface area (Å²) in [4.78, 5) is 19.7. The number of likely N-dealkylation sites (tertiary alicyclic amines) is 1. The summed E-state index contributed by atoms with van der Waals surface area (Å²) < 4.78 is 16.6. The van der Waals surface area contributed by atoms with Crippen LogP contribution in [0.4, 0.5) is 5.69 Å². The maximum atomic E-state index is 13.0. The number of nitrogens with zero attached hydrogens (tertiary/aromatic N) is 3. The Morgan fingerprint density at radius 1 is 1.09 bits per heavy atom. The number of nitrogens with two attached hydrogens (primary N) is 1. The standard InChI is InChI=1S/C27H34N4O4/c1-3-33-26-22(17-23(28)27(29-26)34-4-2)25(32)11-10-19-12-14-31(15-13-19)18-21-16-24(30-35-21)20-8-6-5-7-9-20/h5-9,16-17,19H,3-4,10-15,18,28H2,1-2H3. The Kier molecular flexibility index (Phi) is 8.36. The van der Waals surface area contributed by atoms with Crippen LogP contribution >= 0.6 is 0 Å². The summed E-state index contributed by atoms with van der Waals surface area (Å²) in [7, 11) is 0. The van der Waals surface area contributed by atoms with Crippen molar-refractivity contribution in [3.05, 3.63) is 53.8 Å². The Morgan fingerprint density at radius 3 is 2.51 bits per heavy atom. The molecule has 3 heterocycles. The molecule has 3 aromatic rings. The molecule has 0 amide bonds. The second-order valence-electron chi connectivity index (χ2n) is 8.83. The van der Waals surface area contributed by atoms with E-state index in [1.807, 2.05) is 50.2 Å². The Balaban J connectivity index is 1.27. The van der Waals surface area contributed by atoms with Gasteiger partial charge in [-0.15, -0.1) is 0 Å². The molecule has 1 aliphatic rings. The first-order valence-corrected chi connectivity index (χ1v) is 12.4. The number of aromatic nitrogens is 2. The molecule has 4 rings (SSSR count). The Morgan fingerprint density at radius 2 is 1.80 bits per heavy atom. The molecule has 0 saturated carbocycles. The summed E-state index contributed by atoms with van der Waals surface area (Å²) in [6, 6.07) is 13.7. The molecule has 2 aromatic heterocycles. The van der Waals surface area contributed by atoms with E-state index in [-0.39, 0.29) is 5.78 Å². The molecule has 1 fully saturated rings. The van der Waals surface area contributed by atoms with Gasteiger partial charge in [-0.2, -0.15) is 4.98 Å². The molecule has 1 saturated heterocycles. The number of carbonyl (C=O) groups excluding carboxylic acids is 1. The zero-order valence-electron chi connectivity index (χ0n) is 20.5. The Hall–Kier alpha value is -3.39. The first-order chi connectivity index (χ1) is 17.1. The molecular weight excluding hydrogens is 444 g/mol. The number of ketones is 1. The molecule has 1 aliphatic heterocycles. The van der Waals surface area contributed by atoms with Gasteiger partial charge in [-0.3, -0.25) is 9.69 Å². The fourth-order valence-corrected chi connectivity index (χ4v) is 4.45. The summed E-state index contributed by atoms with van der Waals surface area (Å²) in [5.41, 5.74) is 8.76. The van der Waals surface area contributed by atoms with Crippen LogP contribution in [0, 0.1) is 5.92 Å². The second kappa shape index (κ2) is 11.8. The van der Waals surface area contributed by atoms with Crippen LogP contribution in [0.25, 0.3) is 11.3 Å². The zero-order valence-corrected chi connectivity index (χ0v) is 20.5. The van der Waals surface area contributed by atoms with E-state index < -0.39 is 0 Å². The van der Waals surface area contributed by atoms with Crippen molar-refractivity contribution in [2.75, 3.05) is 32.0 Å². The lowest BCUT2D eigenvalue weighted by molar-refractivity contribution is 0.0955. The van der Waals surface area contributed by atoms with Crippen LogP contribution in [-0.4, -0.2) is 47.1 Å². The summed E-state index contributed by atoms with van der Waals surface area (Å²) in [6.07, 6.45) is 3.39. The van der Waals surface area contributed by atoms with Crippen molar-refractivity contribution in [1.29, 1.82) is 0 Å². The lowest BCUT2D eigenvalue weighted by Gasteiger charge is -2.31. The lowest BCUT2D eigenvalue weighted by atomic mass is 9.90. The van der Waals surface area contributed by atoms with Crippen molar-refractivity contribution in [2.24, 2.45) is 5.92 Å². The average Bonchev–Trinajstić information content (AvgIpc) is 3.34. The molecule has 0 atom stereocenters. The molecule has 0 spiro atoms. The normalized spacial score (nSPS) is 14.7. The van der Waals surface area contributed by atoms with Crippen molar-refractivity contribution in [3.8, 4) is 23.0 Å². The molecule has 0 unspecified atom stereocenters. The molecule has 0 radical (unpaired) electrons. The number of hydrogen-bond donors (Lipinski definition) is 1. The van der Waals surface area contributed by atoms with Crippen LogP contribution in [0.1, 0.15) is 55.6 Å². The number of carbonyl (C=O) groups is 1. The molecule has 8 heteroatoms. The summed E-state index contributed by atoms with van der Waals surface area (Å²) in [5.74, 6) is 2.00. The minimum Gasteiger partial charge on any atom is -0.477 e. The third kappa shape index (κ3) is 6.39. The van der Waals surface area contributed by atoms with Gasteiger partial charge in [-0.1, -0.05) is 35.5 Å². The molecule has 0 bridgehead atoms. The van der Waals surface area contributed by atoms with Gasteiger partial charge in [0.2, 0.25) is 11.8 Å². The number of ether oxygens (including phenoxy) is 2. The zero-order chi connectivity index (χ0) is 24.6. The topological polar surface area (TPSA) is 104 Å². The van der Waals surface area contributed by atoms with E-state index in [0.717, 1.165) is 55.9 Å². The van der Waals surface area contributed by atoms with Crippen LogP contribution in [0.3, 0.4) is 0 Å². The van der Waals surface area contributed by atoms with E-state index in [1.165, 1.54) is 0 Å². The Labute approximate surface area is 206 Å². The van der Waals surface area contributed by atoms with Gasteiger partial charge in [0.25, 0.3) is 0 Å². The van der Waals surface area contributed by atoms with E-state index in [1.54, 1.807) is 6.07 Å². The molecule has 2 N–H and O–H groups in total. The van der Waals surface area contributed by atoms with Gasteiger partial charge >= 0.3 is 0 Å². The number of piperidine rings is 1. The highest BCUT2D eigenvalue weighted by molar-refractivity contribution is 5.99. The highest BCUT2D eigenvalue weighted by Crippen LogP contribution is 2.30. The molecule has 35 heavy (non-hydrogen) atoms. The highest BCUT2D eigenvalue weighted by atomic mass is 16.5. The quantitative estimate of drug-likeness (QED) is 0.384. The van der Waals surface area contributed by atoms with Gasteiger partial charge in [-0.05, 0) is 58.2 Å². The van der Waals surface area contributed by atoms with Crippen LogP contribution in [-0.2, 0) is 6.54 Å². The number of pyridine rings is 1. The van der Waals surface area contributed by atoms with Crippen molar-refractivity contribution in [3.63, 3.8) is 0 Å². The van der Waals surface area contributed by atoms with Crippen molar-refractivity contribution < 1.29 is 18.8 Å². The van der Waals surface area contributed by atoms with Gasteiger partial charge in [0.15, 0.2) is 11.5 Å². The highest BCUT2D eigenvalue weighted by Gasteiger charge is 2.23. The number of nitrogen functional groups attached to an aromatic ring is 1. The molecule has 186 valence electrons. The lowest BCUT2D eigenvalue weighted by Crippen LogP contribution is -2.33. The summed E-state index contributed by atoms with van der Waals surface area (Å²) in [6.45, 7) is 7.28. The minimum absolute atomic E-state index is 0.00762. The SMILES string of the molecule is CCOc1nc(OCC)c(C(=O)CCC2CCN(Cc3cc(-c4ccccc4)no3)CC2)cc1N. The average molecular weight is 479 g/mol. The molecule has 1 aromatic carbocycles. The van der Waals surface area contributed by atoms with E-state index in [0.29, 0.717) is 48.6 Å². The number of hydrogen-bond acceptors (Lipinski definition) is 8. The van der Waals surface area contributed by atoms with Gasteiger partial charge in [0, 0.05) is 18.1 Å². The molecular formula is C27H34N4O4. The van der Waals surface area contributed by atoms with Crippen molar-refractivity contribution in [2.45, 2.75) is 46.1 Å². The van der Waals surface area contributed by atoms with E-state index in [9.17, 15) is 4.79 Å². The number of Topliss-reactive ketones (excluding diaryl/α,β-unsaturated/α-hetero) is 1. The van der Waals surface area contributed by atoms with Crippen LogP contribution in [0.15, 0.2) is 47.0 Å². The predicted octanol–water partition coefficient (Wildman–Crippen LogP) is 4.99. The molecule has 0 aliphatic carbocycles. The van der Waals surface area contributed by atoms with Gasteiger partial charge < -0.3 is 19.7 Å². The van der Waals surface area contributed by atoms with Crippen LogP contribution < -0.4 is 15.2 Å². The maximum absolute atomic E-state index is 13.0. The van der Waals surface area contributed by atoms with Crippen molar-refractivity contribution in [1.82, 2.24) is 15.0 Å². The third-order valence-corrected chi connectivity index (χ3v) is 6.34. The predicted molar refractivity (Wildman–Crippen MR) is 134 cm³/mol. The smallest absolute Gasteiger partial charge is 0.240 e. The fraction of sp³-hybridized carbons (Fsp3) is 0.444. The second-order valence-corrected chi connectivity index (χ2v) is 8.83.